The van der Waals surface area contributed by atoms with E-state index in [1.54, 1.807) is 10.6 Å². The average Bonchev–Trinajstić information content (AvgIpc) is 2.80. The number of rotatable bonds is 7. The smallest absolute Gasteiger partial charge is 0.269 e. The number of ether oxygens (including phenoxy) is 1. The molecule has 8 heteroatoms. The molecule has 0 spiro atoms. The van der Waals surface area contributed by atoms with Crippen molar-refractivity contribution in [1.29, 1.82) is 0 Å². The topological polar surface area (TPSA) is 46.5 Å². The van der Waals surface area contributed by atoms with Gasteiger partial charge in [-0.05, 0) is 46.1 Å². The maximum Gasteiger partial charge on any atom is 0.269 e. The van der Waals surface area contributed by atoms with Gasteiger partial charge in [0.25, 0.3) is 5.56 Å². The first kappa shape index (κ1) is 23.6. The summed E-state index contributed by atoms with van der Waals surface area (Å²) in [5.74, 6) is -1.00. The molecule has 0 bridgehead atoms. The molecule has 174 valence electrons. The summed E-state index contributed by atoms with van der Waals surface area (Å²) in [4.78, 5) is 15.5. The number of aryl methyl sites for hydroxylation is 1. The van der Waals surface area contributed by atoms with Crippen LogP contribution in [-0.2, 0) is 19.7 Å². The summed E-state index contributed by atoms with van der Waals surface area (Å²) in [5.41, 5.74) is 2.98. The first-order valence-electron chi connectivity index (χ1n) is 10.9. The van der Waals surface area contributed by atoms with Crippen LogP contribution in [0.2, 0.25) is 0 Å². The highest BCUT2D eigenvalue weighted by Gasteiger charge is 2.15. The molecule has 3 aromatic rings. The fourth-order valence-electron chi connectivity index (χ4n) is 3.95. The number of nitrogens with one attached hydrogen (secondary N) is 1. The molecule has 1 aromatic heterocycles. The van der Waals surface area contributed by atoms with E-state index in [-0.39, 0.29) is 22.2 Å². The third kappa shape index (κ3) is 5.88. The molecule has 1 fully saturated rings. The van der Waals surface area contributed by atoms with Gasteiger partial charge >= 0.3 is 0 Å². The molecule has 1 aliphatic heterocycles. The minimum absolute atomic E-state index is 0.109. The van der Waals surface area contributed by atoms with Crippen LogP contribution >= 0.6 is 15.9 Å². The van der Waals surface area contributed by atoms with Gasteiger partial charge in [-0.1, -0.05) is 24.3 Å². The maximum atomic E-state index is 13.9. The van der Waals surface area contributed by atoms with E-state index in [2.05, 4.69) is 38.3 Å². The highest BCUT2D eigenvalue weighted by atomic mass is 79.9. The Morgan fingerprint density at radius 1 is 1.03 bits per heavy atom. The Kier molecular flexibility index (Phi) is 7.57. The van der Waals surface area contributed by atoms with E-state index < -0.39 is 11.6 Å². The van der Waals surface area contributed by atoms with E-state index in [0.29, 0.717) is 12.3 Å². The normalized spacial score (nSPS) is 14.4. The molecule has 0 atom stereocenters. The van der Waals surface area contributed by atoms with Crippen LogP contribution in [0.1, 0.15) is 22.4 Å². The summed E-state index contributed by atoms with van der Waals surface area (Å²) in [6, 6.07) is 13.4. The lowest BCUT2D eigenvalue weighted by molar-refractivity contribution is 0.233. The second-order valence-electron chi connectivity index (χ2n) is 8.23. The molecule has 2 heterocycles. The average molecular weight is 518 g/mol. The van der Waals surface area contributed by atoms with Crippen molar-refractivity contribution in [2.24, 2.45) is 0 Å². The van der Waals surface area contributed by atoms with Crippen molar-refractivity contribution in [3.63, 3.8) is 0 Å². The molecule has 4 rings (SSSR count). The van der Waals surface area contributed by atoms with Crippen molar-refractivity contribution in [1.82, 2.24) is 14.8 Å². The fraction of sp³-hybridized carbons (Fsp3) is 0.320. The van der Waals surface area contributed by atoms with Crippen LogP contribution in [0.15, 0.2) is 57.8 Å². The number of nitrogens with zero attached hydrogens (tertiary/aromatic N) is 2. The largest absolute Gasteiger partial charge is 0.487 e. The summed E-state index contributed by atoms with van der Waals surface area (Å²) in [6.45, 7) is 7.11. The number of pyridine rings is 1. The summed E-state index contributed by atoms with van der Waals surface area (Å²) >= 11 is 3.34. The maximum absolute atomic E-state index is 13.9. The second kappa shape index (κ2) is 10.6. The molecule has 1 aliphatic rings. The van der Waals surface area contributed by atoms with E-state index in [1.165, 1.54) is 17.7 Å². The number of hydrogen-bond donors (Lipinski definition) is 1. The van der Waals surface area contributed by atoms with E-state index in [1.807, 2.05) is 19.1 Å². The zero-order chi connectivity index (χ0) is 23.4. The Morgan fingerprint density at radius 3 is 2.48 bits per heavy atom. The molecular formula is C25H26BrF2N3O2. The monoisotopic (exact) mass is 517 g/mol. The first-order valence-corrected chi connectivity index (χ1v) is 11.7. The Bertz CT molecular complexity index is 1190. The third-order valence-corrected chi connectivity index (χ3v) is 6.49. The third-order valence-electron chi connectivity index (χ3n) is 5.76. The zero-order valence-electron chi connectivity index (χ0n) is 18.4. The molecule has 2 aromatic carbocycles. The lowest BCUT2D eigenvalue weighted by Gasteiger charge is -2.27. The number of hydrogen-bond acceptors (Lipinski definition) is 4. The Balaban J connectivity index is 1.49. The van der Waals surface area contributed by atoms with Gasteiger partial charge in [-0.2, -0.15) is 0 Å². The van der Waals surface area contributed by atoms with Gasteiger partial charge in [0.05, 0.1) is 6.54 Å². The second-order valence-corrected chi connectivity index (χ2v) is 9.02. The van der Waals surface area contributed by atoms with Gasteiger partial charge in [-0.25, -0.2) is 8.78 Å². The number of aromatic nitrogens is 1. The van der Waals surface area contributed by atoms with Crippen LogP contribution in [0, 0.1) is 18.6 Å². The van der Waals surface area contributed by atoms with Gasteiger partial charge in [0, 0.05) is 56.1 Å². The van der Waals surface area contributed by atoms with Crippen LogP contribution in [0.25, 0.3) is 0 Å². The molecule has 1 N–H and O–H groups in total. The molecule has 0 amide bonds. The molecule has 0 saturated carbocycles. The van der Waals surface area contributed by atoms with Gasteiger partial charge in [-0.15, -0.1) is 0 Å². The van der Waals surface area contributed by atoms with Crippen LogP contribution in [0.4, 0.5) is 8.78 Å². The number of benzene rings is 2. The van der Waals surface area contributed by atoms with Crippen LogP contribution < -0.4 is 15.6 Å². The lowest BCUT2D eigenvalue weighted by Crippen LogP contribution is -2.42. The van der Waals surface area contributed by atoms with Crippen molar-refractivity contribution >= 4 is 15.9 Å². The molecule has 5 nitrogen and oxygen atoms in total. The summed E-state index contributed by atoms with van der Waals surface area (Å²) in [7, 11) is 0. The van der Waals surface area contributed by atoms with Gasteiger partial charge < -0.3 is 14.6 Å². The molecule has 0 unspecified atom stereocenters. The van der Waals surface area contributed by atoms with E-state index in [9.17, 15) is 13.6 Å². The predicted octanol–water partition coefficient (Wildman–Crippen LogP) is 4.23. The minimum Gasteiger partial charge on any atom is -0.487 e. The minimum atomic E-state index is -0.683. The van der Waals surface area contributed by atoms with Gasteiger partial charge in [0.2, 0.25) is 0 Å². The van der Waals surface area contributed by atoms with Crippen molar-refractivity contribution in [2.75, 3.05) is 26.2 Å². The summed E-state index contributed by atoms with van der Waals surface area (Å²) < 4.78 is 34.6. The standard InChI is InChI=1S/C25H26BrF2N3O2/c1-17-11-23(33-16-20-5-6-21(27)13-22(20)28)24(26)25(32)31(17)15-19-4-2-3-18(12-19)14-30-9-7-29-8-10-30/h2-6,11-13,29H,7-10,14-16H2,1H3. The van der Waals surface area contributed by atoms with Gasteiger partial charge in [-0.3, -0.25) is 9.69 Å². The summed E-state index contributed by atoms with van der Waals surface area (Å²) in [6.07, 6.45) is 0. The molecule has 1 saturated heterocycles. The highest BCUT2D eigenvalue weighted by Crippen LogP contribution is 2.24. The van der Waals surface area contributed by atoms with Crippen LogP contribution in [0.5, 0.6) is 5.75 Å². The van der Waals surface area contributed by atoms with Crippen LogP contribution in [-0.4, -0.2) is 35.6 Å². The van der Waals surface area contributed by atoms with E-state index in [4.69, 9.17) is 4.74 Å². The fourth-order valence-corrected chi connectivity index (χ4v) is 4.39. The summed E-state index contributed by atoms with van der Waals surface area (Å²) in [5, 5.41) is 3.36. The molecule has 0 radical (unpaired) electrons. The highest BCUT2D eigenvalue weighted by molar-refractivity contribution is 9.10. The molecule has 33 heavy (non-hydrogen) atoms. The quantitative estimate of drug-likeness (QED) is 0.509. The Labute approximate surface area is 200 Å². The van der Waals surface area contributed by atoms with Gasteiger partial charge in [0.1, 0.15) is 28.5 Å². The number of halogens is 3. The number of piperazine rings is 1. The molecule has 0 aliphatic carbocycles. The lowest BCUT2D eigenvalue weighted by atomic mass is 10.1. The SMILES string of the molecule is Cc1cc(OCc2ccc(F)cc2F)c(Br)c(=O)n1Cc1cccc(CN2CCNCC2)c1. The first-order chi connectivity index (χ1) is 15.9. The van der Waals surface area contributed by atoms with Gasteiger partial charge in [0.15, 0.2) is 0 Å². The molecular weight excluding hydrogens is 492 g/mol. The van der Waals surface area contributed by atoms with Crippen molar-refractivity contribution < 1.29 is 13.5 Å². The van der Waals surface area contributed by atoms with Crippen molar-refractivity contribution in [3.8, 4) is 5.75 Å². The Hall–Kier alpha value is -2.55. The Morgan fingerprint density at radius 2 is 1.76 bits per heavy atom. The van der Waals surface area contributed by atoms with E-state index in [0.717, 1.165) is 50.0 Å². The van der Waals surface area contributed by atoms with Crippen molar-refractivity contribution in [3.05, 3.63) is 97.4 Å². The van der Waals surface area contributed by atoms with E-state index >= 15 is 0 Å². The zero-order valence-corrected chi connectivity index (χ0v) is 20.0. The predicted molar refractivity (Wildman–Crippen MR) is 128 cm³/mol. The van der Waals surface area contributed by atoms with Crippen molar-refractivity contribution in [2.45, 2.75) is 26.6 Å². The van der Waals surface area contributed by atoms with Crippen LogP contribution in [0.3, 0.4) is 0 Å².